The topological polar surface area (TPSA) is 100 Å². The van der Waals surface area contributed by atoms with E-state index in [0.29, 0.717) is 25.4 Å². The van der Waals surface area contributed by atoms with Gasteiger partial charge in [0.1, 0.15) is 0 Å². The maximum absolute atomic E-state index is 12.1. The summed E-state index contributed by atoms with van der Waals surface area (Å²) in [5, 5.41) is 19.5. The lowest BCUT2D eigenvalue weighted by atomic mass is 9.93. The number of carboxylic acids is 1. The highest BCUT2D eigenvalue weighted by Gasteiger charge is 2.34. The van der Waals surface area contributed by atoms with E-state index in [1.165, 1.54) is 10.9 Å². The Bertz CT molecular complexity index is 532. The van der Waals surface area contributed by atoms with Gasteiger partial charge >= 0.3 is 5.97 Å². The molecule has 0 aromatic carbocycles. The number of nitrogens with zero attached hydrogens (tertiary/aromatic N) is 4. The zero-order valence-electron chi connectivity index (χ0n) is 11.7. The summed E-state index contributed by atoms with van der Waals surface area (Å²) >= 11 is 0. The van der Waals surface area contributed by atoms with Crippen LogP contribution < -0.4 is 5.32 Å². The molecule has 1 amide bonds. The summed E-state index contributed by atoms with van der Waals surface area (Å²) in [5.74, 6) is -0.404. The molecule has 8 heteroatoms. The molecule has 1 aromatic heterocycles. The SMILES string of the molecule is O=C(O)c1cn(C2CN(C(=O)CC3CCNCC3)C2)nn1. The fraction of sp³-hybridized carbons (Fsp3) is 0.692. The van der Waals surface area contributed by atoms with Gasteiger partial charge in [0.25, 0.3) is 0 Å². The standard InChI is InChI=1S/C13H19N5O3/c19-12(5-9-1-3-14-4-2-9)17-6-10(7-17)18-8-11(13(20)21)15-16-18/h8-10,14H,1-7H2,(H,20,21). The predicted molar refractivity (Wildman–Crippen MR) is 72.8 cm³/mol. The maximum atomic E-state index is 12.1. The number of carbonyl (C=O) groups excluding carboxylic acids is 1. The van der Waals surface area contributed by atoms with Crippen molar-refractivity contribution in [3.8, 4) is 0 Å². The van der Waals surface area contributed by atoms with Crippen molar-refractivity contribution in [1.29, 1.82) is 0 Å². The third kappa shape index (κ3) is 3.05. The third-order valence-electron chi connectivity index (χ3n) is 4.24. The number of hydrogen-bond acceptors (Lipinski definition) is 5. The van der Waals surface area contributed by atoms with Gasteiger partial charge in [-0.3, -0.25) is 4.79 Å². The Morgan fingerprint density at radius 3 is 2.67 bits per heavy atom. The van der Waals surface area contributed by atoms with Crippen LogP contribution in [0.5, 0.6) is 0 Å². The first-order valence-electron chi connectivity index (χ1n) is 7.27. The van der Waals surface area contributed by atoms with E-state index in [9.17, 15) is 9.59 Å². The number of aromatic carboxylic acids is 1. The number of rotatable bonds is 4. The molecule has 0 atom stereocenters. The van der Waals surface area contributed by atoms with Crippen LogP contribution in [0.1, 0.15) is 35.8 Å². The van der Waals surface area contributed by atoms with Crippen molar-refractivity contribution in [3.63, 3.8) is 0 Å². The molecule has 2 aliphatic heterocycles. The highest BCUT2D eigenvalue weighted by molar-refractivity contribution is 5.84. The predicted octanol–water partition coefficient (Wildman–Crippen LogP) is -0.251. The molecular weight excluding hydrogens is 274 g/mol. The van der Waals surface area contributed by atoms with E-state index < -0.39 is 5.97 Å². The van der Waals surface area contributed by atoms with Crippen molar-refractivity contribution < 1.29 is 14.7 Å². The van der Waals surface area contributed by atoms with Gasteiger partial charge in [0.05, 0.1) is 12.2 Å². The fourth-order valence-electron chi connectivity index (χ4n) is 2.84. The van der Waals surface area contributed by atoms with Crippen LogP contribution >= 0.6 is 0 Å². The quantitative estimate of drug-likeness (QED) is 0.794. The lowest BCUT2D eigenvalue weighted by Crippen LogP contribution is -2.51. The normalized spacial score (nSPS) is 20.3. The molecule has 2 N–H and O–H groups in total. The zero-order valence-corrected chi connectivity index (χ0v) is 11.7. The van der Waals surface area contributed by atoms with Gasteiger partial charge in [0, 0.05) is 19.5 Å². The van der Waals surface area contributed by atoms with Gasteiger partial charge in [-0.15, -0.1) is 5.10 Å². The first-order valence-corrected chi connectivity index (χ1v) is 7.27. The van der Waals surface area contributed by atoms with Gasteiger partial charge in [-0.1, -0.05) is 5.21 Å². The number of carboxylic acid groups (broad SMARTS) is 1. The fourth-order valence-corrected chi connectivity index (χ4v) is 2.84. The lowest BCUT2D eigenvalue weighted by Gasteiger charge is -2.39. The van der Waals surface area contributed by atoms with Crippen LogP contribution in [0.4, 0.5) is 0 Å². The molecule has 0 aliphatic carbocycles. The molecule has 1 aromatic rings. The van der Waals surface area contributed by atoms with E-state index in [1.807, 2.05) is 4.90 Å². The largest absolute Gasteiger partial charge is 0.476 e. The second-order valence-corrected chi connectivity index (χ2v) is 5.74. The van der Waals surface area contributed by atoms with E-state index in [0.717, 1.165) is 25.9 Å². The zero-order chi connectivity index (χ0) is 14.8. The molecule has 114 valence electrons. The van der Waals surface area contributed by atoms with Crippen molar-refractivity contribution >= 4 is 11.9 Å². The Morgan fingerprint density at radius 1 is 1.33 bits per heavy atom. The van der Waals surface area contributed by atoms with Gasteiger partial charge in [0.2, 0.25) is 5.91 Å². The van der Waals surface area contributed by atoms with Gasteiger partial charge < -0.3 is 15.3 Å². The van der Waals surface area contributed by atoms with Gasteiger partial charge in [0.15, 0.2) is 5.69 Å². The number of carbonyl (C=O) groups is 2. The van der Waals surface area contributed by atoms with E-state index >= 15 is 0 Å². The van der Waals surface area contributed by atoms with Crippen LogP contribution in [0.2, 0.25) is 0 Å². The van der Waals surface area contributed by atoms with Crippen LogP contribution in [-0.2, 0) is 4.79 Å². The van der Waals surface area contributed by atoms with E-state index in [1.54, 1.807) is 0 Å². The van der Waals surface area contributed by atoms with Gasteiger partial charge in [-0.05, 0) is 31.8 Å². The van der Waals surface area contributed by atoms with E-state index in [4.69, 9.17) is 5.11 Å². The first kappa shape index (κ1) is 14.0. The van der Waals surface area contributed by atoms with Crippen molar-refractivity contribution in [3.05, 3.63) is 11.9 Å². The molecule has 3 heterocycles. The Morgan fingerprint density at radius 2 is 2.05 bits per heavy atom. The Hall–Kier alpha value is -1.96. The van der Waals surface area contributed by atoms with Gasteiger partial charge in [-0.25, -0.2) is 9.48 Å². The highest BCUT2D eigenvalue weighted by atomic mass is 16.4. The van der Waals surface area contributed by atoms with Crippen molar-refractivity contribution in [2.75, 3.05) is 26.2 Å². The number of aromatic nitrogens is 3. The van der Waals surface area contributed by atoms with Crippen LogP contribution in [0.15, 0.2) is 6.20 Å². The summed E-state index contributed by atoms with van der Waals surface area (Å²) in [6, 6.07) is 0.0440. The number of likely N-dealkylation sites (tertiary alicyclic amines) is 1. The van der Waals surface area contributed by atoms with E-state index in [2.05, 4.69) is 15.6 Å². The average molecular weight is 293 g/mol. The number of amides is 1. The van der Waals surface area contributed by atoms with Gasteiger partial charge in [-0.2, -0.15) is 0 Å². The average Bonchev–Trinajstić information content (AvgIpc) is 2.88. The summed E-state index contributed by atoms with van der Waals surface area (Å²) in [6.45, 7) is 3.17. The lowest BCUT2D eigenvalue weighted by molar-refractivity contribution is -0.138. The Balaban J connectivity index is 1.48. The summed E-state index contributed by atoms with van der Waals surface area (Å²) in [5.41, 5.74) is -0.0607. The molecule has 2 fully saturated rings. The van der Waals surface area contributed by atoms with E-state index in [-0.39, 0.29) is 17.6 Å². The minimum absolute atomic E-state index is 0.0440. The molecular formula is C13H19N5O3. The summed E-state index contributed by atoms with van der Waals surface area (Å²) < 4.78 is 1.54. The molecule has 0 unspecified atom stereocenters. The highest BCUT2D eigenvalue weighted by Crippen LogP contribution is 2.24. The summed E-state index contributed by atoms with van der Waals surface area (Å²) in [7, 11) is 0. The second-order valence-electron chi connectivity index (χ2n) is 5.74. The molecule has 2 saturated heterocycles. The molecule has 3 rings (SSSR count). The minimum Gasteiger partial charge on any atom is -0.476 e. The third-order valence-corrected chi connectivity index (χ3v) is 4.24. The monoisotopic (exact) mass is 293 g/mol. The minimum atomic E-state index is -1.08. The Labute approximate surface area is 122 Å². The number of nitrogens with one attached hydrogen (secondary N) is 1. The molecule has 0 saturated carbocycles. The second kappa shape index (κ2) is 5.80. The van der Waals surface area contributed by atoms with Crippen molar-refractivity contribution in [1.82, 2.24) is 25.2 Å². The molecule has 0 bridgehead atoms. The first-order chi connectivity index (χ1) is 10.1. The van der Waals surface area contributed by atoms with Crippen LogP contribution in [-0.4, -0.2) is 63.1 Å². The summed E-state index contributed by atoms with van der Waals surface area (Å²) in [4.78, 5) is 24.7. The van der Waals surface area contributed by atoms with Crippen LogP contribution in [0.25, 0.3) is 0 Å². The maximum Gasteiger partial charge on any atom is 0.358 e. The Kier molecular flexibility index (Phi) is 3.87. The van der Waals surface area contributed by atoms with Crippen molar-refractivity contribution in [2.24, 2.45) is 5.92 Å². The van der Waals surface area contributed by atoms with Crippen LogP contribution in [0, 0.1) is 5.92 Å². The molecule has 0 spiro atoms. The molecule has 0 radical (unpaired) electrons. The molecule has 21 heavy (non-hydrogen) atoms. The molecule has 8 nitrogen and oxygen atoms in total. The van der Waals surface area contributed by atoms with Crippen molar-refractivity contribution in [2.45, 2.75) is 25.3 Å². The van der Waals surface area contributed by atoms with Crippen LogP contribution in [0.3, 0.4) is 0 Å². The smallest absolute Gasteiger partial charge is 0.358 e. The summed E-state index contributed by atoms with van der Waals surface area (Å²) in [6.07, 6.45) is 4.16. The number of hydrogen-bond donors (Lipinski definition) is 2. The number of piperidine rings is 1. The molecule has 2 aliphatic rings.